The molecule has 0 aromatic heterocycles. The largest absolute Gasteiger partial charge is 0.490 e. The van der Waals surface area contributed by atoms with Crippen molar-refractivity contribution in [3.05, 3.63) is 64.7 Å². The molecule has 0 aliphatic carbocycles. The van der Waals surface area contributed by atoms with Crippen LogP contribution in [-0.2, 0) is 4.79 Å². The number of aryl methyl sites for hydroxylation is 2. The van der Waals surface area contributed by atoms with Gasteiger partial charge >= 0.3 is 0 Å². The van der Waals surface area contributed by atoms with E-state index in [1.54, 1.807) is 6.08 Å². The van der Waals surface area contributed by atoms with Gasteiger partial charge in [-0.05, 0) is 60.5 Å². The smallest absolute Gasteiger partial charge is 0.283 e. The minimum atomic E-state index is -0.428. The topological polar surface area (TPSA) is 87.3 Å². The van der Waals surface area contributed by atoms with Crippen molar-refractivity contribution in [2.45, 2.75) is 27.7 Å². The first kappa shape index (κ1) is 22.8. The van der Waals surface area contributed by atoms with E-state index in [2.05, 4.69) is 10.1 Å². The Labute approximate surface area is 197 Å². The molecule has 2 heterocycles. The first-order valence-corrected chi connectivity index (χ1v) is 11.6. The quantitative estimate of drug-likeness (QED) is 0.460. The fourth-order valence-corrected chi connectivity index (χ4v) is 4.29. The third-order valence-corrected chi connectivity index (χ3v) is 6.37. The Morgan fingerprint density at radius 1 is 1.06 bits per heavy atom. The summed E-state index contributed by atoms with van der Waals surface area (Å²) >= 11 is 1.34. The number of nitrogens with zero attached hydrogens (tertiary/aromatic N) is 3. The number of amides is 1. The number of hydrogen-bond acceptors (Lipinski definition) is 6. The number of nitrogens with one attached hydrogen (secondary N) is 1. The van der Waals surface area contributed by atoms with E-state index in [-0.39, 0.29) is 17.3 Å². The number of carbonyl (C=O) groups excluding carboxylic acids is 1. The lowest BCUT2D eigenvalue weighted by molar-refractivity contribution is -0.114. The summed E-state index contributed by atoms with van der Waals surface area (Å²) in [6.07, 6.45) is 1.66. The molecule has 0 saturated carbocycles. The van der Waals surface area contributed by atoms with E-state index < -0.39 is 5.91 Å². The van der Waals surface area contributed by atoms with Crippen molar-refractivity contribution in [3.63, 3.8) is 0 Å². The third-order valence-electron chi connectivity index (χ3n) is 5.16. The van der Waals surface area contributed by atoms with Crippen molar-refractivity contribution >= 4 is 39.8 Å². The van der Waals surface area contributed by atoms with Crippen LogP contribution in [0.3, 0.4) is 0 Å². The van der Waals surface area contributed by atoms with Crippen molar-refractivity contribution in [2.75, 3.05) is 13.2 Å². The maximum atomic E-state index is 12.5. The van der Waals surface area contributed by atoms with Crippen molar-refractivity contribution in [1.29, 1.82) is 5.41 Å². The van der Waals surface area contributed by atoms with Crippen LogP contribution in [0.4, 0.5) is 0 Å². The van der Waals surface area contributed by atoms with Crippen LogP contribution in [0, 0.1) is 25.2 Å². The third kappa shape index (κ3) is 5.01. The molecule has 8 heteroatoms. The van der Waals surface area contributed by atoms with E-state index in [9.17, 15) is 4.79 Å². The zero-order chi connectivity index (χ0) is 23.5. The second-order valence-electron chi connectivity index (χ2n) is 8.10. The van der Waals surface area contributed by atoms with Crippen LogP contribution in [0.1, 0.15) is 30.5 Å². The molecule has 0 bridgehead atoms. The maximum Gasteiger partial charge on any atom is 0.283 e. The molecule has 0 unspecified atom stereocenters. The number of fused-ring (bicyclic) bond motifs is 1. The molecule has 0 spiro atoms. The predicted molar refractivity (Wildman–Crippen MR) is 133 cm³/mol. The average Bonchev–Trinajstić information content (AvgIpc) is 3.21. The zero-order valence-corrected chi connectivity index (χ0v) is 19.9. The Morgan fingerprint density at radius 3 is 2.39 bits per heavy atom. The van der Waals surface area contributed by atoms with Gasteiger partial charge in [-0.15, -0.1) is 0 Å². The molecule has 1 N–H and O–H groups in total. The van der Waals surface area contributed by atoms with Gasteiger partial charge < -0.3 is 9.47 Å². The highest BCUT2D eigenvalue weighted by atomic mass is 32.2. The number of aliphatic imine (C=N–C) groups is 1. The van der Waals surface area contributed by atoms with Crippen molar-refractivity contribution in [2.24, 2.45) is 16.0 Å². The van der Waals surface area contributed by atoms with Gasteiger partial charge in [0, 0.05) is 5.92 Å². The molecule has 2 aromatic rings. The normalized spacial score (nSPS) is 16.8. The standard InChI is InChI=1S/C25H26N4O3S/c1-15(2)24-28-29-22(26)20(23(30)27-25(29)33-24)14-18-8-10-19(11-9-18)31-12-13-32-21-16(3)6-5-7-17(21)4/h5-11,14-15,26H,12-13H2,1-4H3/b20-14+,26-22?. The number of hydrazone groups is 1. The predicted octanol–water partition coefficient (Wildman–Crippen LogP) is 5.04. The Balaban J connectivity index is 1.37. The van der Waals surface area contributed by atoms with E-state index in [0.29, 0.717) is 24.1 Å². The Kier molecular flexibility index (Phi) is 6.65. The lowest BCUT2D eigenvalue weighted by atomic mass is 10.1. The molecule has 0 atom stereocenters. The van der Waals surface area contributed by atoms with Crippen LogP contribution in [0.25, 0.3) is 6.08 Å². The lowest BCUT2D eigenvalue weighted by Crippen LogP contribution is -2.35. The number of ether oxygens (including phenoxy) is 2. The number of para-hydroxylation sites is 1. The van der Waals surface area contributed by atoms with Gasteiger partial charge in [-0.25, -0.2) is 0 Å². The first-order valence-electron chi connectivity index (χ1n) is 10.8. The van der Waals surface area contributed by atoms with E-state index in [0.717, 1.165) is 27.5 Å². The number of benzene rings is 2. The number of amidine groups is 2. The van der Waals surface area contributed by atoms with E-state index in [4.69, 9.17) is 14.9 Å². The molecule has 0 fully saturated rings. The Bertz CT molecular complexity index is 1160. The molecule has 2 aromatic carbocycles. The fraction of sp³-hybridized carbons (Fsp3) is 0.280. The van der Waals surface area contributed by atoms with Gasteiger partial charge in [-0.3, -0.25) is 10.2 Å². The number of thioether (sulfide) groups is 1. The van der Waals surface area contributed by atoms with Gasteiger partial charge in [0.15, 0.2) is 5.84 Å². The van der Waals surface area contributed by atoms with E-state index in [1.165, 1.54) is 16.8 Å². The van der Waals surface area contributed by atoms with Gasteiger partial charge in [0.1, 0.15) is 29.8 Å². The van der Waals surface area contributed by atoms with Crippen LogP contribution >= 0.6 is 11.8 Å². The van der Waals surface area contributed by atoms with E-state index >= 15 is 0 Å². The molecule has 2 aliphatic heterocycles. The summed E-state index contributed by atoms with van der Waals surface area (Å²) in [5.74, 6) is 1.42. The minimum Gasteiger partial charge on any atom is -0.490 e. The average molecular weight is 463 g/mol. The molecule has 0 radical (unpaired) electrons. The highest BCUT2D eigenvalue weighted by Crippen LogP contribution is 2.31. The van der Waals surface area contributed by atoms with Crippen LogP contribution in [0.2, 0.25) is 0 Å². The molecule has 33 heavy (non-hydrogen) atoms. The Morgan fingerprint density at radius 2 is 1.73 bits per heavy atom. The second-order valence-corrected chi connectivity index (χ2v) is 9.09. The van der Waals surface area contributed by atoms with Crippen molar-refractivity contribution in [1.82, 2.24) is 5.01 Å². The maximum absolute atomic E-state index is 12.5. The number of rotatable bonds is 7. The molecule has 4 rings (SSSR count). The van der Waals surface area contributed by atoms with Gasteiger partial charge in [-0.1, -0.05) is 44.2 Å². The minimum absolute atomic E-state index is 0.0390. The monoisotopic (exact) mass is 462 g/mol. The van der Waals surface area contributed by atoms with Gasteiger partial charge in [0.2, 0.25) is 5.17 Å². The van der Waals surface area contributed by atoms with Crippen molar-refractivity contribution < 1.29 is 14.3 Å². The lowest BCUT2D eigenvalue weighted by Gasteiger charge is -2.20. The highest BCUT2D eigenvalue weighted by molar-refractivity contribution is 8.27. The zero-order valence-electron chi connectivity index (χ0n) is 19.1. The Hall–Kier alpha value is -3.39. The first-order chi connectivity index (χ1) is 15.8. The van der Waals surface area contributed by atoms with Crippen LogP contribution in [0.5, 0.6) is 11.5 Å². The van der Waals surface area contributed by atoms with Gasteiger partial charge in [0.05, 0.1) is 5.57 Å². The molecular formula is C25H26N4O3S. The summed E-state index contributed by atoms with van der Waals surface area (Å²) in [6.45, 7) is 8.95. The highest BCUT2D eigenvalue weighted by Gasteiger charge is 2.36. The molecule has 1 amide bonds. The van der Waals surface area contributed by atoms with E-state index in [1.807, 2.05) is 70.2 Å². The summed E-state index contributed by atoms with van der Waals surface area (Å²) in [7, 11) is 0. The SMILES string of the molecule is Cc1cccc(C)c1OCCOc1ccc(/C=C2\C(=N)N3N=C(C(C)C)SC3=NC2=O)cc1. The summed E-state index contributed by atoms with van der Waals surface area (Å²) in [5, 5.41) is 15.6. The summed E-state index contributed by atoms with van der Waals surface area (Å²) in [5.41, 5.74) is 3.19. The number of hydrogen-bond donors (Lipinski definition) is 1. The fourth-order valence-electron chi connectivity index (χ4n) is 3.40. The summed E-state index contributed by atoms with van der Waals surface area (Å²) in [4.78, 5) is 16.6. The molecule has 7 nitrogen and oxygen atoms in total. The number of carbonyl (C=O) groups is 1. The summed E-state index contributed by atoms with van der Waals surface area (Å²) in [6, 6.07) is 13.4. The van der Waals surface area contributed by atoms with Gasteiger partial charge in [-0.2, -0.15) is 15.1 Å². The summed E-state index contributed by atoms with van der Waals surface area (Å²) < 4.78 is 11.6. The molecule has 170 valence electrons. The van der Waals surface area contributed by atoms with Crippen LogP contribution in [-0.4, -0.2) is 40.2 Å². The molecule has 0 saturated heterocycles. The van der Waals surface area contributed by atoms with Crippen LogP contribution in [0.15, 0.2) is 58.1 Å². The molecule has 2 aliphatic rings. The molecular weight excluding hydrogens is 436 g/mol. The second kappa shape index (κ2) is 9.62. The van der Waals surface area contributed by atoms with Crippen LogP contribution < -0.4 is 9.47 Å². The van der Waals surface area contributed by atoms with Gasteiger partial charge in [0.25, 0.3) is 5.91 Å². The van der Waals surface area contributed by atoms with Crippen molar-refractivity contribution in [3.8, 4) is 11.5 Å².